The average Bonchev–Trinajstić information content (AvgIpc) is 3.11. The molecule has 1 amide bonds. The van der Waals surface area contributed by atoms with Crippen LogP contribution in [0, 0.1) is 0 Å². The third-order valence-corrected chi connectivity index (χ3v) is 5.23. The number of fused-ring (bicyclic) bond motifs is 1. The smallest absolute Gasteiger partial charge is 0.265 e. The van der Waals surface area contributed by atoms with E-state index in [2.05, 4.69) is 16.1 Å². The summed E-state index contributed by atoms with van der Waals surface area (Å²) < 4.78 is 7.91. The fraction of sp³-hybridized carbons (Fsp3) is 0.500. The van der Waals surface area contributed by atoms with Crippen molar-refractivity contribution in [2.45, 2.75) is 31.8 Å². The summed E-state index contributed by atoms with van der Waals surface area (Å²) in [6.07, 6.45) is 7.84. The molecule has 1 aromatic carbocycles. The van der Waals surface area contributed by atoms with Gasteiger partial charge in [-0.2, -0.15) is 5.10 Å². The highest BCUT2D eigenvalue weighted by atomic mass is 16.5. The van der Waals surface area contributed by atoms with Gasteiger partial charge in [-0.1, -0.05) is 12.1 Å². The lowest BCUT2D eigenvalue weighted by Crippen LogP contribution is -2.51. The molecule has 1 aromatic heterocycles. The second-order valence-electron chi connectivity index (χ2n) is 7.18. The summed E-state index contributed by atoms with van der Waals surface area (Å²) in [7, 11) is 1.93. The van der Waals surface area contributed by atoms with Crippen LogP contribution in [0.15, 0.2) is 36.7 Å². The van der Waals surface area contributed by atoms with Crippen molar-refractivity contribution in [3.8, 4) is 5.75 Å². The summed E-state index contributed by atoms with van der Waals surface area (Å²) in [5.74, 6) is 0.936. The van der Waals surface area contributed by atoms with E-state index in [-0.39, 0.29) is 5.91 Å². The van der Waals surface area contributed by atoms with Crippen molar-refractivity contribution in [2.75, 3.05) is 31.1 Å². The first kappa shape index (κ1) is 16.9. The van der Waals surface area contributed by atoms with E-state index >= 15 is 0 Å². The predicted octanol–water partition coefficient (Wildman–Crippen LogP) is 2.24. The molecule has 26 heavy (non-hydrogen) atoms. The van der Waals surface area contributed by atoms with Crippen LogP contribution in [0.5, 0.6) is 5.75 Å². The van der Waals surface area contributed by atoms with Gasteiger partial charge in [0.25, 0.3) is 5.91 Å². The largest absolute Gasteiger partial charge is 0.477 e. The third kappa shape index (κ3) is 3.54. The van der Waals surface area contributed by atoms with Gasteiger partial charge in [0.05, 0.1) is 18.4 Å². The first-order valence-electron chi connectivity index (χ1n) is 9.47. The molecule has 0 bridgehead atoms. The number of piperidine rings is 1. The highest BCUT2D eigenvalue weighted by molar-refractivity contribution is 5.83. The van der Waals surface area contributed by atoms with E-state index in [1.165, 1.54) is 12.0 Å². The van der Waals surface area contributed by atoms with Crippen LogP contribution in [0.3, 0.4) is 0 Å². The molecule has 0 spiro atoms. The Hall–Kier alpha value is -2.50. The van der Waals surface area contributed by atoms with Crippen LogP contribution >= 0.6 is 0 Å². The van der Waals surface area contributed by atoms with Crippen LogP contribution in [0.25, 0.3) is 0 Å². The highest BCUT2D eigenvalue weighted by Crippen LogP contribution is 2.33. The number of anilines is 1. The van der Waals surface area contributed by atoms with Crippen LogP contribution in [0.4, 0.5) is 5.69 Å². The van der Waals surface area contributed by atoms with Crippen molar-refractivity contribution < 1.29 is 9.53 Å². The van der Waals surface area contributed by atoms with Gasteiger partial charge in [0, 0.05) is 32.9 Å². The number of aromatic nitrogens is 2. The van der Waals surface area contributed by atoms with Crippen molar-refractivity contribution in [1.82, 2.24) is 14.7 Å². The van der Waals surface area contributed by atoms with E-state index in [9.17, 15) is 4.79 Å². The zero-order valence-corrected chi connectivity index (χ0v) is 15.3. The number of benzene rings is 1. The molecule has 2 aliphatic rings. The Balaban J connectivity index is 1.49. The maximum atomic E-state index is 12.9. The fourth-order valence-corrected chi connectivity index (χ4v) is 3.83. The molecular formula is C20H26N4O2. The predicted molar refractivity (Wildman–Crippen MR) is 100 cm³/mol. The second-order valence-corrected chi connectivity index (χ2v) is 7.18. The second kappa shape index (κ2) is 7.40. The van der Waals surface area contributed by atoms with Crippen molar-refractivity contribution in [2.24, 2.45) is 7.05 Å². The molecule has 2 aromatic rings. The maximum Gasteiger partial charge on any atom is 0.265 e. The van der Waals surface area contributed by atoms with Crippen LogP contribution in [0.1, 0.15) is 24.8 Å². The van der Waals surface area contributed by atoms with Crippen LogP contribution in [-0.2, 0) is 18.3 Å². The van der Waals surface area contributed by atoms with Gasteiger partial charge < -0.3 is 14.5 Å². The van der Waals surface area contributed by atoms with Gasteiger partial charge in [-0.3, -0.25) is 9.48 Å². The summed E-state index contributed by atoms with van der Waals surface area (Å²) in [6.45, 7) is 3.16. The first-order chi connectivity index (χ1) is 12.7. The Labute approximate surface area is 154 Å². The highest BCUT2D eigenvalue weighted by Gasteiger charge is 2.33. The van der Waals surface area contributed by atoms with Gasteiger partial charge in [-0.25, -0.2) is 0 Å². The summed E-state index contributed by atoms with van der Waals surface area (Å²) in [5, 5.41) is 4.24. The minimum atomic E-state index is -0.420. The topological polar surface area (TPSA) is 50.6 Å². The Morgan fingerprint density at radius 2 is 2.04 bits per heavy atom. The molecule has 6 heteroatoms. The Kier molecular flexibility index (Phi) is 4.82. The number of hydrogen-bond acceptors (Lipinski definition) is 4. The van der Waals surface area contributed by atoms with Crippen molar-refractivity contribution in [1.29, 1.82) is 0 Å². The molecule has 1 fully saturated rings. The lowest BCUT2D eigenvalue weighted by atomic mass is 10.1. The molecule has 3 heterocycles. The summed E-state index contributed by atoms with van der Waals surface area (Å²) >= 11 is 0. The lowest BCUT2D eigenvalue weighted by molar-refractivity contribution is -0.139. The zero-order chi connectivity index (χ0) is 17.9. The molecule has 4 rings (SSSR count). The minimum Gasteiger partial charge on any atom is -0.477 e. The SMILES string of the molecule is Cn1cc(CCN2C[C@@H](C(=O)N3CCCCC3)Oc3ccccc32)cn1. The molecule has 1 saturated heterocycles. The normalized spacial score (nSPS) is 19.8. The monoisotopic (exact) mass is 354 g/mol. The molecule has 0 N–H and O–H groups in total. The van der Waals surface area contributed by atoms with Gasteiger partial charge >= 0.3 is 0 Å². The molecule has 6 nitrogen and oxygen atoms in total. The number of ether oxygens (including phenoxy) is 1. The molecule has 0 saturated carbocycles. The van der Waals surface area contributed by atoms with E-state index in [4.69, 9.17) is 4.74 Å². The average molecular weight is 354 g/mol. The molecule has 0 unspecified atom stereocenters. The van der Waals surface area contributed by atoms with E-state index in [0.29, 0.717) is 6.54 Å². The Morgan fingerprint density at radius 3 is 2.81 bits per heavy atom. The van der Waals surface area contributed by atoms with Gasteiger partial charge in [0.1, 0.15) is 5.75 Å². The maximum absolute atomic E-state index is 12.9. The van der Waals surface area contributed by atoms with Crippen LogP contribution < -0.4 is 9.64 Å². The number of aryl methyl sites for hydroxylation is 1. The fourth-order valence-electron chi connectivity index (χ4n) is 3.83. The number of likely N-dealkylation sites (tertiary alicyclic amines) is 1. The first-order valence-corrected chi connectivity index (χ1v) is 9.47. The number of carbonyl (C=O) groups excluding carboxylic acids is 1. The number of amides is 1. The standard InChI is InChI=1S/C20H26N4O2/c1-22-14-16(13-21-22)9-12-24-15-19(20(25)23-10-5-2-6-11-23)26-18-8-4-3-7-17(18)24/h3-4,7-8,13-14,19H,2,5-6,9-12,15H2,1H3/t19-/m0/s1. The quantitative estimate of drug-likeness (QED) is 0.845. The van der Waals surface area contributed by atoms with E-state index in [1.807, 2.05) is 47.2 Å². The van der Waals surface area contributed by atoms with Gasteiger partial charge in [-0.05, 0) is 43.4 Å². The number of nitrogens with zero attached hydrogens (tertiary/aromatic N) is 4. The molecule has 0 radical (unpaired) electrons. The number of hydrogen-bond donors (Lipinski definition) is 0. The van der Waals surface area contributed by atoms with Crippen molar-refractivity contribution >= 4 is 11.6 Å². The number of carbonyl (C=O) groups is 1. The molecule has 0 aliphatic carbocycles. The van der Waals surface area contributed by atoms with Crippen molar-refractivity contribution in [3.05, 3.63) is 42.2 Å². The summed E-state index contributed by atoms with van der Waals surface area (Å²) in [6, 6.07) is 8.01. The van der Waals surface area contributed by atoms with Gasteiger partial charge in [0.15, 0.2) is 6.10 Å². The Bertz CT molecular complexity index is 767. The Morgan fingerprint density at radius 1 is 1.23 bits per heavy atom. The van der Waals surface area contributed by atoms with Crippen LogP contribution in [0.2, 0.25) is 0 Å². The molecule has 1 atom stereocenters. The lowest BCUT2D eigenvalue weighted by Gasteiger charge is -2.38. The van der Waals surface area contributed by atoms with E-state index < -0.39 is 6.10 Å². The minimum absolute atomic E-state index is 0.130. The zero-order valence-electron chi connectivity index (χ0n) is 15.3. The van der Waals surface area contributed by atoms with Crippen molar-refractivity contribution in [3.63, 3.8) is 0 Å². The van der Waals surface area contributed by atoms with E-state index in [0.717, 1.165) is 50.3 Å². The van der Waals surface area contributed by atoms with E-state index in [1.54, 1.807) is 0 Å². The number of para-hydroxylation sites is 2. The number of rotatable bonds is 4. The molecule has 2 aliphatic heterocycles. The van der Waals surface area contributed by atoms with Crippen LogP contribution in [-0.4, -0.2) is 52.9 Å². The third-order valence-electron chi connectivity index (χ3n) is 5.23. The summed E-state index contributed by atoms with van der Waals surface area (Å²) in [4.78, 5) is 17.2. The summed E-state index contributed by atoms with van der Waals surface area (Å²) in [5.41, 5.74) is 2.27. The van der Waals surface area contributed by atoms with Gasteiger partial charge in [-0.15, -0.1) is 0 Å². The van der Waals surface area contributed by atoms with Gasteiger partial charge in [0.2, 0.25) is 0 Å². The molecule has 138 valence electrons. The molecular weight excluding hydrogens is 328 g/mol.